The van der Waals surface area contributed by atoms with Gasteiger partial charge >= 0.3 is 0 Å². The molecule has 0 fully saturated rings. The minimum absolute atomic E-state index is 0.0114. The molecular weight excluding hydrogens is 302 g/mol. The Balaban J connectivity index is 2.25. The summed E-state index contributed by atoms with van der Waals surface area (Å²) in [5.41, 5.74) is 3.14. The molecule has 2 aromatic carbocycles. The normalized spacial score (nSPS) is 10.9. The molecule has 1 amide bonds. The Morgan fingerprint density at radius 2 is 1.75 bits per heavy atom. The van der Waals surface area contributed by atoms with E-state index in [0.29, 0.717) is 12.1 Å². The van der Waals surface area contributed by atoms with Gasteiger partial charge in [0, 0.05) is 19.7 Å². The maximum atomic E-state index is 12.7. The minimum Gasteiger partial charge on any atom is -0.508 e. The molecule has 128 valence electrons. The molecule has 0 aliphatic heterocycles. The van der Waals surface area contributed by atoms with Crippen LogP contribution in [0.25, 0.3) is 0 Å². The fraction of sp³-hybridized carbons (Fsp3) is 0.350. The van der Waals surface area contributed by atoms with Gasteiger partial charge in [-0.1, -0.05) is 45.0 Å². The van der Waals surface area contributed by atoms with Crippen LogP contribution in [0.5, 0.6) is 11.5 Å². The number of aromatic hydroxyl groups is 2. The van der Waals surface area contributed by atoms with Gasteiger partial charge in [0.15, 0.2) is 0 Å². The maximum Gasteiger partial charge on any atom is 0.257 e. The number of nitrogens with zero attached hydrogens (tertiary/aromatic N) is 1. The molecule has 0 unspecified atom stereocenters. The lowest BCUT2D eigenvalue weighted by Crippen LogP contribution is -2.26. The van der Waals surface area contributed by atoms with E-state index in [1.807, 2.05) is 26.0 Å². The first-order valence-corrected chi connectivity index (χ1v) is 8.22. The number of amides is 1. The van der Waals surface area contributed by atoms with Crippen LogP contribution in [0.2, 0.25) is 0 Å². The molecule has 4 heteroatoms. The van der Waals surface area contributed by atoms with Crippen molar-refractivity contribution in [2.24, 2.45) is 0 Å². The van der Waals surface area contributed by atoms with Crippen molar-refractivity contribution in [1.29, 1.82) is 0 Å². The van der Waals surface area contributed by atoms with Gasteiger partial charge in [-0.3, -0.25) is 4.79 Å². The molecule has 0 spiro atoms. The number of hydrogen-bond donors (Lipinski definition) is 2. The standard InChI is InChI=1S/C20H25NO3/c1-5-14-7-6-8-15(9-14)12-21(4)20(24)17-10-16(13(2)3)18(22)11-19(17)23/h6-11,13,22-23H,5,12H2,1-4H3. The lowest BCUT2D eigenvalue weighted by Gasteiger charge is -2.20. The lowest BCUT2D eigenvalue weighted by atomic mass is 9.98. The second kappa shape index (κ2) is 7.39. The van der Waals surface area contributed by atoms with Crippen LogP contribution in [-0.4, -0.2) is 28.1 Å². The zero-order chi connectivity index (χ0) is 17.9. The number of hydrogen-bond acceptors (Lipinski definition) is 3. The van der Waals surface area contributed by atoms with Crippen molar-refractivity contribution < 1.29 is 15.0 Å². The van der Waals surface area contributed by atoms with E-state index in [9.17, 15) is 15.0 Å². The average molecular weight is 327 g/mol. The summed E-state index contributed by atoms with van der Waals surface area (Å²) < 4.78 is 0. The van der Waals surface area contributed by atoms with Crippen LogP contribution >= 0.6 is 0 Å². The molecule has 4 nitrogen and oxygen atoms in total. The molecular formula is C20H25NO3. The summed E-state index contributed by atoms with van der Waals surface area (Å²) in [5.74, 6) is -0.395. The monoisotopic (exact) mass is 327 g/mol. The zero-order valence-corrected chi connectivity index (χ0v) is 14.7. The molecule has 0 aliphatic carbocycles. The van der Waals surface area contributed by atoms with E-state index >= 15 is 0 Å². The zero-order valence-electron chi connectivity index (χ0n) is 14.7. The van der Waals surface area contributed by atoms with E-state index in [0.717, 1.165) is 12.0 Å². The SMILES string of the molecule is CCc1cccc(CN(C)C(=O)c2cc(C(C)C)c(O)cc2O)c1. The Morgan fingerprint density at radius 3 is 2.38 bits per heavy atom. The number of rotatable bonds is 5. The lowest BCUT2D eigenvalue weighted by molar-refractivity contribution is 0.0782. The highest BCUT2D eigenvalue weighted by molar-refractivity contribution is 5.97. The highest BCUT2D eigenvalue weighted by Crippen LogP contribution is 2.32. The molecule has 0 aromatic heterocycles. The Kier molecular flexibility index (Phi) is 5.50. The van der Waals surface area contributed by atoms with E-state index in [1.54, 1.807) is 18.0 Å². The third-order valence-electron chi connectivity index (χ3n) is 4.16. The molecule has 2 rings (SSSR count). The maximum absolute atomic E-state index is 12.7. The van der Waals surface area contributed by atoms with E-state index in [-0.39, 0.29) is 28.9 Å². The van der Waals surface area contributed by atoms with Crippen LogP contribution in [0.3, 0.4) is 0 Å². The third kappa shape index (κ3) is 3.88. The van der Waals surface area contributed by atoms with E-state index in [2.05, 4.69) is 19.1 Å². The van der Waals surface area contributed by atoms with Crippen LogP contribution in [0.4, 0.5) is 0 Å². The van der Waals surface area contributed by atoms with Gasteiger partial charge in [0.25, 0.3) is 5.91 Å². The van der Waals surface area contributed by atoms with Gasteiger partial charge in [0.05, 0.1) is 5.56 Å². The van der Waals surface area contributed by atoms with Crippen molar-refractivity contribution in [3.8, 4) is 11.5 Å². The first-order valence-electron chi connectivity index (χ1n) is 8.22. The van der Waals surface area contributed by atoms with Crippen LogP contribution in [0.15, 0.2) is 36.4 Å². The second-order valence-corrected chi connectivity index (χ2v) is 6.42. The molecule has 0 atom stereocenters. The molecule has 0 aliphatic rings. The van der Waals surface area contributed by atoms with Crippen LogP contribution in [-0.2, 0) is 13.0 Å². The van der Waals surface area contributed by atoms with E-state index < -0.39 is 0 Å². The Morgan fingerprint density at radius 1 is 1.08 bits per heavy atom. The van der Waals surface area contributed by atoms with Crippen molar-refractivity contribution in [2.45, 2.75) is 39.7 Å². The van der Waals surface area contributed by atoms with Gasteiger partial charge < -0.3 is 15.1 Å². The van der Waals surface area contributed by atoms with Crippen molar-refractivity contribution in [3.05, 3.63) is 58.7 Å². The molecule has 0 saturated carbocycles. The Labute approximate surface area is 143 Å². The first kappa shape index (κ1) is 17.9. The topological polar surface area (TPSA) is 60.8 Å². The number of carbonyl (C=O) groups is 1. The number of phenolic OH excluding ortho intramolecular Hbond substituents is 2. The second-order valence-electron chi connectivity index (χ2n) is 6.42. The fourth-order valence-electron chi connectivity index (χ4n) is 2.73. The summed E-state index contributed by atoms with van der Waals surface area (Å²) in [6, 6.07) is 10.9. The minimum atomic E-state index is -0.267. The van der Waals surface area contributed by atoms with E-state index in [1.165, 1.54) is 11.6 Å². The molecule has 24 heavy (non-hydrogen) atoms. The van der Waals surface area contributed by atoms with Crippen molar-refractivity contribution in [1.82, 2.24) is 4.90 Å². The van der Waals surface area contributed by atoms with Gasteiger partial charge in [-0.15, -0.1) is 0 Å². The summed E-state index contributed by atoms with van der Waals surface area (Å²) in [6.07, 6.45) is 0.946. The average Bonchev–Trinajstić information content (AvgIpc) is 2.54. The Hall–Kier alpha value is -2.49. The predicted octanol–water partition coefficient (Wildman–Crippen LogP) is 4.06. The van der Waals surface area contributed by atoms with Crippen molar-refractivity contribution in [3.63, 3.8) is 0 Å². The number of benzene rings is 2. The van der Waals surface area contributed by atoms with Gasteiger partial charge in [-0.2, -0.15) is 0 Å². The van der Waals surface area contributed by atoms with E-state index in [4.69, 9.17) is 0 Å². The molecule has 0 radical (unpaired) electrons. The van der Waals surface area contributed by atoms with Crippen molar-refractivity contribution >= 4 is 5.91 Å². The highest BCUT2D eigenvalue weighted by atomic mass is 16.3. The van der Waals surface area contributed by atoms with Crippen LogP contribution in [0.1, 0.15) is 53.7 Å². The van der Waals surface area contributed by atoms with Gasteiger partial charge in [-0.25, -0.2) is 0 Å². The molecule has 2 N–H and O–H groups in total. The van der Waals surface area contributed by atoms with Gasteiger partial charge in [-0.05, 0) is 35.1 Å². The summed E-state index contributed by atoms with van der Waals surface area (Å²) in [6.45, 7) is 6.42. The van der Waals surface area contributed by atoms with Crippen molar-refractivity contribution in [2.75, 3.05) is 7.05 Å². The smallest absolute Gasteiger partial charge is 0.257 e. The quantitative estimate of drug-likeness (QED) is 0.871. The molecule has 0 heterocycles. The van der Waals surface area contributed by atoms with Gasteiger partial charge in [0.2, 0.25) is 0 Å². The Bertz CT molecular complexity index is 738. The van der Waals surface area contributed by atoms with Crippen LogP contribution in [0, 0.1) is 0 Å². The summed E-state index contributed by atoms with van der Waals surface area (Å²) in [5, 5.41) is 20.0. The largest absolute Gasteiger partial charge is 0.508 e. The molecule has 0 bridgehead atoms. The fourth-order valence-corrected chi connectivity index (χ4v) is 2.73. The summed E-state index contributed by atoms with van der Waals surface area (Å²) in [7, 11) is 1.71. The third-order valence-corrected chi connectivity index (χ3v) is 4.16. The number of carbonyl (C=O) groups excluding carboxylic acids is 1. The molecule has 0 saturated heterocycles. The predicted molar refractivity (Wildman–Crippen MR) is 95.5 cm³/mol. The van der Waals surface area contributed by atoms with Crippen LogP contribution < -0.4 is 0 Å². The highest BCUT2D eigenvalue weighted by Gasteiger charge is 2.20. The summed E-state index contributed by atoms with van der Waals surface area (Å²) >= 11 is 0. The number of aryl methyl sites for hydroxylation is 1. The molecule has 2 aromatic rings. The number of phenols is 2. The first-order chi connectivity index (χ1) is 11.3. The summed E-state index contributed by atoms with van der Waals surface area (Å²) in [4.78, 5) is 14.3. The van der Waals surface area contributed by atoms with Gasteiger partial charge in [0.1, 0.15) is 11.5 Å².